The standard InChI is InChI=1S/C10H10ClNS/c1-6(2)7-3-4-9-8(10(7)11)5-12-13-9/h3-6H,1-2H3. The monoisotopic (exact) mass is 211 g/mol. The van der Waals surface area contributed by atoms with Crippen molar-refractivity contribution >= 4 is 33.2 Å². The minimum absolute atomic E-state index is 0.469. The van der Waals surface area contributed by atoms with Crippen molar-refractivity contribution in [2.45, 2.75) is 19.8 Å². The van der Waals surface area contributed by atoms with Crippen LogP contribution in [0.3, 0.4) is 0 Å². The molecule has 2 rings (SSSR count). The minimum Gasteiger partial charge on any atom is -0.200 e. The molecule has 0 spiro atoms. The summed E-state index contributed by atoms with van der Waals surface area (Å²) in [5.74, 6) is 0.469. The van der Waals surface area contributed by atoms with E-state index in [-0.39, 0.29) is 0 Å². The molecule has 0 aliphatic carbocycles. The van der Waals surface area contributed by atoms with E-state index in [1.807, 2.05) is 6.20 Å². The maximum Gasteiger partial charge on any atom is 0.0565 e. The molecule has 1 nitrogen and oxygen atoms in total. The van der Waals surface area contributed by atoms with Gasteiger partial charge in [0.25, 0.3) is 0 Å². The van der Waals surface area contributed by atoms with E-state index < -0.39 is 0 Å². The minimum atomic E-state index is 0.469. The third-order valence-corrected chi connectivity index (χ3v) is 3.31. The number of benzene rings is 1. The van der Waals surface area contributed by atoms with Crippen molar-refractivity contribution in [3.05, 3.63) is 28.9 Å². The maximum atomic E-state index is 6.24. The van der Waals surface area contributed by atoms with Crippen molar-refractivity contribution in [3.63, 3.8) is 0 Å². The average molecular weight is 212 g/mol. The Balaban J connectivity index is 2.73. The first kappa shape index (κ1) is 8.97. The van der Waals surface area contributed by atoms with Crippen LogP contribution < -0.4 is 0 Å². The topological polar surface area (TPSA) is 12.9 Å². The van der Waals surface area contributed by atoms with E-state index in [1.54, 1.807) is 0 Å². The average Bonchev–Trinajstić information content (AvgIpc) is 2.52. The van der Waals surface area contributed by atoms with Crippen molar-refractivity contribution in [2.24, 2.45) is 0 Å². The number of fused-ring (bicyclic) bond motifs is 1. The summed E-state index contributed by atoms with van der Waals surface area (Å²) in [5, 5.41) is 1.94. The van der Waals surface area contributed by atoms with Gasteiger partial charge in [-0.1, -0.05) is 31.5 Å². The smallest absolute Gasteiger partial charge is 0.0565 e. The molecule has 0 saturated carbocycles. The maximum absolute atomic E-state index is 6.24. The fourth-order valence-corrected chi connectivity index (χ4v) is 2.52. The number of hydrogen-bond acceptors (Lipinski definition) is 2. The van der Waals surface area contributed by atoms with Crippen LogP contribution in [-0.4, -0.2) is 4.37 Å². The fraction of sp³-hybridized carbons (Fsp3) is 0.300. The Morgan fingerprint density at radius 3 is 2.85 bits per heavy atom. The van der Waals surface area contributed by atoms with Gasteiger partial charge in [-0.15, -0.1) is 0 Å². The van der Waals surface area contributed by atoms with Crippen LogP contribution in [0.5, 0.6) is 0 Å². The first-order valence-corrected chi connectivity index (χ1v) is 5.38. The van der Waals surface area contributed by atoms with Gasteiger partial charge in [-0.25, -0.2) is 0 Å². The van der Waals surface area contributed by atoms with Crippen LogP contribution in [0.1, 0.15) is 25.3 Å². The molecule has 0 amide bonds. The molecule has 68 valence electrons. The van der Waals surface area contributed by atoms with Gasteiger partial charge in [-0.2, -0.15) is 4.37 Å². The van der Waals surface area contributed by atoms with Crippen LogP contribution >= 0.6 is 23.1 Å². The summed E-state index contributed by atoms with van der Waals surface area (Å²) in [6.07, 6.45) is 1.84. The molecule has 0 atom stereocenters. The van der Waals surface area contributed by atoms with Crippen LogP contribution in [-0.2, 0) is 0 Å². The molecule has 0 aliphatic rings. The van der Waals surface area contributed by atoms with Crippen molar-refractivity contribution in [3.8, 4) is 0 Å². The lowest BCUT2D eigenvalue weighted by atomic mass is 10.0. The van der Waals surface area contributed by atoms with Crippen molar-refractivity contribution in [1.29, 1.82) is 0 Å². The van der Waals surface area contributed by atoms with Crippen LogP contribution in [0.2, 0.25) is 5.02 Å². The zero-order valence-electron chi connectivity index (χ0n) is 7.54. The third-order valence-electron chi connectivity index (χ3n) is 2.12. The Bertz CT molecular complexity index is 433. The van der Waals surface area contributed by atoms with E-state index in [9.17, 15) is 0 Å². The van der Waals surface area contributed by atoms with Crippen LogP contribution in [0.25, 0.3) is 10.1 Å². The van der Waals surface area contributed by atoms with E-state index >= 15 is 0 Å². The van der Waals surface area contributed by atoms with Gasteiger partial charge in [0, 0.05) is 5.39 Å². The second-order valence-electron chi connectivity index (χ2n) is 3.36. The zero-order valence-corrected chi connectivity index (χ0v) is 9.12. The van der Waals surface area contributed by atoms with E-state index in [0.29, 0.717) is 5.92 Å². The Morgan fingerprint density at radius 2 is 2.15 bits per heavy atom. The molecule has 1 aromatic carbocycles. The molecule has 13 heavy (non-hydrogen) atoms. The molecule has 0 aliphatic heterocycles. The molecule has 1 heterocycles. The number of hydrogen-bond donors (Lipinski definition) is 0. The number of halogens is 1. The largest absolute Gasteiger partial charge is 0.200 e. The molecule has 0 fully saturated rings. The molecule has 2 aromatic rings. The first-order chi connectivity index (χ1) is 6.20. The molecule has 0 radical (unpaired) electrons. The molecule has 1 aromatic heterocycles. The molecule has 0 bridgehead atoms. The van der Waals surface area contributed by atoms with Gasteiger partial charge in [0.15, 0.2) is 0 Å². The van der Waals surface area contributed by atoms with Crippen molar-refractivity contribution in [2.75, 3.05) is 0 Å². The summed E-state index contributed by atoms with van der Waals surface area (Å²) in [7, 11) is 0. The van der Waals surface area contributed by atoms with Gasteiger partial charge >= 0.3 is 0 Å². The van der Waals surface area contributed by atoms with Gasteiger partial charge in [0.2, 0.25) is 0 Å². The second-order valence-corrected chi connectivity index (χ2v) is 4.57. The highest BCUT2D eigenvalue weighted by Crippen LogP contribution is 2.32. The van der Waals surface area contributed by atoms with E-state index in [1.165, 1.54) is 17.1 Å². The van der Waals surface area contributed by atoms with Crippen molar-refractivity contribution in [1.82, 2.24) is 4.37 Å². The van der Waals surface area contributed by atoms with Gasteiger partial charge in [-0.3, -0.25) is 0 Å². The van der Waals surface area contributed by atoms with Crippen molar-refractivity contribution < 1.29 is 0 Å². The van der Waals surface area contributed by atoms with E-state index in [2.05, 4.69) is 30.4 Å². The Morgan fingerprint density at radius 1 is 1.38 bits per heavy atom. The Hall–Kier alpha value is -0.600. The quantitative estimate of drug-likeness (QED) is 0.693. The highest BCUT2D eigenvalue weighted by Gasteiger charge is 2.09. The van der Waals surface area contributed by atoms with E-state index in [0.717, 1.165) is 15.1 Å². The SMILES string of the molecule is CC(C)c1ccc2sncc2c1Cl. The summed E-state index contributed by atoms with van der Waals surface area (Å²) in [6.45, 7) is 4.29. The highest BCUT2D eigenvalue weighted by molar-refractivity contribution is 7.13. The Labute approximate surface area is 86.5 Å². The van der Waals surface area contributed by atoms with Crippen LogP contribution in [0.4, 0.5) is 0 Å². The summed E-state index contributed by atoms with van der Waals surface area (Å²) in [5.41, 5.74) is 1.20. The van der Waals surface area contributed by atoms with Crippen LogP contribution in [0.15, 0.2) is 18.3 Å². The molecule has 0 unspecified atom stereocenters. The molecular formula is C10H10ClNS. The van der Waals surface area contributed by atoms with Gasteiger partial charge < -0.3 is 0 Å². The molecular weight excluding hydrogens is 202 g/mol. The predicted molar refractivity (Wildman–Crippen MR) is 58.7 cm³/mol. The third kappa shape index (κ3) is 1.45. The highest BCUT2D eigenvalue weighted by atomic mass is 35.5. The van der Waals surface area contributed by atoms with Gasteiger partial charge in [0.05, 0.1) is 15.9 Å². The second kappa shape index (κ2) is 3.28. The lowest BCUT2D eigenvalue weighted by molar-refractivity contribution is 0.869. The zero-order chi connectivity index (χ0) is 9.42. The predicted octanol–water partition coefficient (Wildman–Crippen LogP) is 4.07. The summed E-state index contributed by atoms with van der Waals surface area (Å²) in [6, 6.07) is 4.18. The first-order valence-electron chi connectivity index (χ1n) is 4.23. The lowest BCUT2D eigenvalue weighted by Crippen LogP contribution is -1.87. The summed E-state index contributed by atoms with van der Waals surface area (Å²) >= 11 is 7.73. The number of nitrogens with zero attached hydrogens (tertiary/aromatic N) is 1. The number of rotatable bonds is 1. The number of aromatic nitrogens is 1. The Kier molecular flexibility index (Phi) is 2.26. The fourth-order valence-electron chi connectivity index (χ4n) is 1.37. The van der Waals surface area contributed by atoms with Gasteiger partial charge in [-0.05, 0) is 29.1 Å². The van der Waals surface area contributed by atoms with E-state index in [4.69, 9.17) is 11.6 Å². The summed E-state index contributed by atoms with van der Waals surface area (Å²) < 4.78 is 5.28. The molecule has 0 N–H and O–H groups in total. The normalized spacial score (nSPS) is 11.4. The molecule has 0 saturated heterocycles. The lowest BCUT2D eigenvalue weighted by Gasteiger charge is -2.07. The summed E-state index contributed by atoms with van der Waals surface area (Å²) in [4.78, 5) is 0. The van der Waals surface area contributed by atoms with Crippen LogP contribution in [0, 0.1) is 0 Å². The van der Waals surface area contributed by atoms with Gasteiger partial charge in [0.1, 0.15) is 0 Å². The molecule has 3 heteroatoms.